The summed E-state index contributed by atoms with van der Waals surface area (Å²) in [6, 6.07) is 9.86. The zero-order chi connectivity index (χ0) is 19.3. The van der Waals surface area contributed by atoms with Crippen LogP contribution in [0.3, 0.4) is 0 Å². The van der Waals surface area contributed by atoms with Gasteiger partial charge in [0.15, 0.2) is 6.10 Å². The fourth-order valence-electron chi connectivity index (χ4n) is 2.04. The molecular weight excluding hydrogens is 364 g/mol. The van der Waals surface area contributed by atoms with Gasteiger partial charge < -0.3 is 14.8 Å². The number of hydrogen-bond acceptors (Lipinski definition) is 6. The van der Waals surface area contributed by atoms with E-state index in [4.69, 9.17) is 21.1 Å². The molecule has 1 amide bonds. The number of nitrogens with zero attached hydrogens (tertiary/aromatic N) is 1. The maximum atomic E-state index is 12.3. The molecule has 1 N–H and O–H groups in total. The van der Waals surface area contributed by atoms with Crippen molar-refractivity contribution in [1.82, 2.24) is 0 Å². The molecule has 0 heterocycles. The molecule has 0 radical (unpaired) electrons. The molecule has 0 bridgehead atoms. The number of amides is 1. The van der Waals surface area contributed by atoms with E-state index in [9.17, 15) is 19.7 Å². The zero-order valence-electron chi connectivity index (χ0n) is 13.9. The second-order valence-electron chi connectivity index (χ2n) is 5.19. The normalized spacial score (nSPS) is 11.3. The summed E-state index contributed by atoms with van der Waals surface area (Å²) < 4.78 is 10.2. The van der Waals surface area contributed by atoms with Gasteiger partial charge in [-0.1, -0.05) is 17.7 Å². The molecule has 9 heteroatoms. The van der Waals surface area contributed by atoms with Crippen molar-refractivity contribution in [3.8, 4) is 5.75 Å². The van der Waals surface area contributed by atoms with E-state index in [1.807, 2.05) is 0 Å². The number of hydrogen-bond donors (Lipinski definition) is 1. The number of benzene rings is 2. The summed E-state index contributed by atoms with van der Waals surface area (Å²) in [5.41, 5.74) is 0.0760. The van der Waals surface area contributed by atoms with Crippen LogP contribution in [0.4, 0.5) is 11.4 Å². The molecule has 0 spiro atoms. The van der Waals surface area contributed by atoms with Crippen LogP contribution in [0.15, 0.2) is 42.5 Å². The fourth-order valence-corrected chi connectivity index (χ4v) is 2.23. The van der Waals surface area contributed by atoms with Crippen LogP contribution in [-0.2, 0) is 9.53 Å². The third kappa shape index (κ3) is 4.70. The average molecular weight is 379 g/mol. The van der Waals surface area contributed by atoms with E-state index in [-0.39, 0.29) is 22.7 Å². The minimum Gasteiger partial charge on any atom is -0.495 e. The van der Waals surface area contributed by atoms with Crippen molar-refractivity contribution in [2.75, 3.05) is 12.4 Å². The van der Waals surface area contributed by atoms with Gasteiger partial charge in [-0.15, -0.1) is 0 Å². The number of carbonyl (C=O) groups excluding carboxylic acids is 2. The Hall–Kier alpha value is -3.13. The Morgan fingerprint density at radius 3 is 2.58 bits per heavy atom. The number of esters is 1. The molecule has 26 heavy (non-hydrogen) atoms. The highest BCUT2D eigenvalue weighted by Crippen LogP contribution is 2.29. The van der Waals surface area contributed by atoms with Gasteiger partial charge >= 0.3 is 5.97 Å². The van der Waals surface area contributed by atoms with E-state index in [1.165, 1.54) is 38.3 Å². The Balaban J connectivity index is 2.10. The number of non-ortho nitro benzene ring substituents is 1. The molecule has 0 aromatic heterocycles. The standard InChI is InChI=1S/C17H15ClN2O6/c1-10(26-17(22)11-4-3-5-12(18)8-11)16(21)19-14-9-13(20(23)24)6-7-15(14)25-2/h3-10H,1-2H3,(H,19,21). The number of nitro benzene ring substituents is 1. The summed E-state index contributed by atoms with van der Waals surface area (Å²) in [6.07, 6.45) is -1.15. The van der Waals surface area contributed by atoms with Gasteiger partial charge in [0.1, 0.15) is 5.75 Å². The quantitative estimate of drug-likeness (QED) is 0.468. The highest BCUT2D eigenvalue weighted by Gasteiger charge is 2.21. The average Bonchev–Trinajstić information content (AvgIpc) is 2.61. The van der Waals surface area contributed by atoms with Crippen molar-refractivity contribution in [3.63, 3.8) is 0 Å². The van der Waals surface area contributed by atoms with Crippen LogP contribution >= 0.6 is 11.6 Å². The summed E-state index contributed by atoms with van der Waals surface area (Å²) in [6.45, 7) is 1.38. The number of nitro groups is 1. The Bertz CT molecular complexity index is 855. The number of methoxy groups -OCH3 is 1. The molecule has 2 aromatic rings. The molecule has 136 valence electrons. The summed E-state index contributed by atoms with van der Waals surface area (Å²) >= 11 is 5.81. The van der Waals surface area contributed by atoms with E-state index < -0.39 is 22.9 Å². The third-order valence-corrected chi connectivity index (χ3v) is 3.60. The van der Waals surface area contributed by atoms with Gasteiger partial charge in [0, 0.05) is 17.2 Å². The lowest BCUT2D eigenvalue weighted by Crippen LogP contribution is -2.30. The van der Waals surface area contributed by atoms with Crippen LogP contribution < -0.4 is 10.1 Å². The predicted octanol–water partition coefficient (Wildman–Crippen LogP) is 3.44. The summed E-state index contributed by atoms with van der Waals surface area (Å²) in [4.78, 5) is 34.6. The van der Waals surface area contributed by atoms with Gasteiger partial charge in [0.25, 0.3) is 11.6 Å². The zero-order valence-corrected chi connectivity index (χ0v) is 14.6. The highest BCUT2D eigenvalue weighted by atomic mass is 35.5. The number of carbonyl (C=O) groups is 2. The van der Waals surface area contributed by atoms with E-state index >= 15 is 0 Å². The minimum absolute atomic E-state index is 0.0948. The first kappa shape index (κ1) is 19.2. The summed E-state index contributed by atoms with van der Waals surface area (Å²) in [7, 11) is 1.36. The maximum absolute atomic E-state index is 12.3. The Morgan fingerprint density at radius 2 is 1.96 bits per heavy atom. The maximum Gasteiger partial charge on any atom is 0.338 e. The molecule has 2 rings (SSSR count). The Morgan fingerprint density at radius 1 is 1.23 bits per heavy atom. The summed E-state index contributed by atoms with van der Waals surface area (Å²) in [5.74, 6) is -1.15. The molecule has 0 fully saturated rings. The van der Waals surface area contributed by atoms with Gasteiger partial charge in [-0.2, -0.15) is 0 Å². The highest BCUT2D eigenvalue weighted by molar-refractivity contribution is 6.30. The number of ether oxygens (including phenoxy) is 2. The number of rotatable bonds is 6. The van der Waals surface area contributed by atoms with Crippen LogP contribution in [-0.4, -0.2) is 30.0 Å². The molecule has 8 nitrogen and oxygen atoms in total. The molecule has 2 aromatic carbocycles. The van der Waals surface area contributed by atoms with E-state index in [1.54, 1.807) is 12.1 Å². The van der Waals surface area contributed by atoms with Crippen LogP contribution in [0.2, 0.25) is 5.02 Å². The molecule has 0 aliphatic heterocycles. The third-order valence-electron chi connectivity index (χ3n) is 3.37. The topological polar surface area (TPSA) is 108 Å². The van der Waals surface area contributed by atoms with E-state index in [0.717, 1.165) is 6.07 Å². The number of halogens is 1. The van der Waals surface area contributed by atoms with Gasteiger partial charge in [0.05, 0.1) is 23.3 Å². The monoisotopic (exact) mass is 378 g/mol. The number of nitrogens with one attached hydrogen (secondary N) is 1. The molecule has 0 aliphatic carbocycles. The minimum atomic E-state index is -1.15. The lowest BCUT2D eigenvalue weighted by molar-refractivity contribution is -0.384. The Kier molecular flexibility index (Phi) is 6.13. The van der Waals surface area contributed by atoms with Gasteiger partial charge in [-0.05, 0) is 31.2 Å². The van der Waals surface area contributed by atoms with Crippen molar-refractivity contribution in [3.05, 3.63) is 63.2 Å². The second-order valence-corrected chi connectivity index (χ2v) is 5.63. The molecule has 1 atom stereocenters. The summed E-state index contributed by atoms with van der Waals surface area (Å²) in [5, 5.41) is 13.7. The van der Waals surface area contributed by atoms with E-state index in [2.05, 4.69) is 5.32 Å². The first-order chi connectivity index (χ1) is 12.3. The van der Waals surface area contributed by atoms with Crippen molar-refractivity contribution in [2.45, 2.75) is 13.0 Å². The lowest BCUT2D eigenvalue weighted by Gasteiger charge is -2.15. The van der Waals surface area contributed by atoms with Crippen LogP contribution in [0.1, 0.15) is 17.3 Å². The lowest BCUT2D eigenvalue weighted by atomic mass is 10.2. The first-order valence-corrected chi connectivity index (χ1v) is 7.79. The van der Waals surface area contributed by atoms with Crippen LogP contribution in [0.5, 0.6) is 5.75 Å². The molecular formula is C17H15ClN2O6. The van der Waals surface area contributed by atoms with Crippen molar-refractivity contribution >= 4 is 34.9 Å². The van der Waals surface area contributed by atoms with E-state index in [0.29, 0.717) is 5.02 Å². The van der Waals surface area contributed by atoms with Crippen molar-refractivity contribution in [1.29, 1.82) is 0 Å². The molecule has 0 saturated heterocycles. The molecule has 0 saturated carbocycles. The first-order valence-electron chi connectivity index (χ1n) is 7.41. The SMILES string of the molecule is COc1ccc([N+](=O)[O-])cc1NC(=O)C(C)OC(=O)c1cccc(Cl)c1. The van der Waals surface area contributed by atoms with Crippen LogP contribution in [0.25, 0.3) is 0 Å². The van der Waals surface area contributed by atoms with Gasteiger partial charge in [0.2, 0.25) is 0 Å². The second kappa shape index (κ2) is 8.30. The molecule has 0 aliphatic rings. The van der Waals surface area contributed by atoms with Gasteiger partial charge in [-0.25, -0.2) is 4.79 Å². The Labute approximate surface area is 153 Å². The van der Waals surface area contributed by atoms with Gasteiger partial charge in [-0.3, -0.25) is 14.9 Å². The molecule has 1 unspecified atom stereocenters. The van der Waals surface area contributed by atoms with Crippen molar-refractivity contribution in [2.24, 2.45) is 0 Å². The van der Waals surface area contributed by atoms with Crippen molar-refractivity contribution < 1.29 is 24.0 Å². The van der Waals surface area contributed by atoms with Crippen LogP contribution in [0, 0.1) is 10.1 Å². The fraction of sp³-hybridized carbons (Fsp3) is 0.176. The predicted molar refractivity (Wildman–Crippen MR) is 94.6 cm³/mol. The number of anilines is 1. The smallest absolute Gasteiger partial charge is 0.338 e. The largest absolute Gasteiger partial charge is 0.495 e.